The van der Waals surface area contributed by atoms with Gasteiger partial charge in [-0.15, -0.1) is 5.10 Å². The maximum absolute atomic E-state index is 12.3. The number of hydrogen-bond donors (Lipinski definition) is 3. The van der Waals surface area contributed by atoms with E-state index in [0.717, 1.165) is 30.0 Å². The normalized spacial score (nSPS) is 13.2. The molecule has 11 nitrogen and oxygen atoms in total. The molecule has 1 aliphatic rings. The molecule has 0 unspecified atom stereocenters. The number of carbonyl (C=O) groups is 1. The Morgan fingerprint density at radius 2 is 1.89 bits per heavy atom. The molecule has 1 saturated heterocycles. The van der Waals surface area contributed by atoms with Gasteiger partial charge in [-0.05, 0) is 61.5 Å². The van der Waals surface area contributed by atoms with Gasteiger partial charge in [-0.1, -0.05) is 6.07 Å². The maximum atomic E-state index is 12.3. The van der Waals surface area contributed by atoms with Gasteiger partial charge in [0.1, 0.15) is 17.0 Å². The Morgan fingerprint density at radius 3 is 2.68 bits per heavy atom. The second-order valence-electron chi connectivity index (χ2n) is 9.00. The van der Waals surface area contributed by atoms with E-state index in [1.165, 1.54) is 0 Å². The number of aromatic nitrogens is 6. The number of anilines is 4. The Kier molecular flexibility index (Phi) is 6.32. The second-order valence-corrected chi connectivity index (χ2v) is 9.00. The number of aryl methyl sites for hydroxylation is 1. The summed E-state index contributed by atoms with van der Waals surface area (Å²) in [5.41, 5.74) is 3.60. The Morgan fingerprint density at radius 1 is 1.03 bits per heavy atom. The smallest absolute Gasteiger partial charge is 0.338 e. The van der Waals surface area contributed by atoms with Crippen molar-refractivity contribution in [3.8, 4) is 11.5 Å². The monoisotopic (exact) mass is 507 g/mol. The van der Waals surface area contributed by atoms with E-state index in [4.69, 9.17) is 9.72 Å². The topological polar surface area (TPSA) is 131 Å². The molecule has 38 heavy (non-hydrogen) atoms. The minimum absolute atomic E-state index is 0.326. The van der Waals surface area contributed by atoms with Crippen LogP contribution in [0.4, 0.5) is 23.3 Å². The average molecular weight is 508 g/mol. The molecule has 0 radical (unpaired) electrons. The predicted octanol–water partition coefficient (Wildman–Crippen LogP) is 3.75. The number of hydrogen-bond acceptors (Lipinski definition) is 10. The van der Waals surface area contributed by atoms with Crippen molar-refractivity contribution in [3.63, 3.8) is 0 Å². The lowest BCUT2D eigenvalue weighted by Crippen LogP contribution is -2.44. The molecule has 0 atom stereocenters. The summed E-state index contributed by atoms with van der Waals surface area (Å²) in [6.45, 7) is 4.15. The van der Waals surface area contributed by atoms with Gasteiger partial charge in [0, 0.05) is 42.8 Å². The molecule has 1 aromatic carbocycles. The molecule has 6 rings (SSSR count). The molecule has 11 heteroatoms. The van der Waals surface area contributed by atoms with Crippen LogP contribution in [0, 0.1) is 12.8 Å². The van der Waals surface area contributed by atoms with E-state index in [1.54, 1.807) is 41.0 Å². The van der Waals surface area contributed by atoms with E-state index in [1.807, 2.05) is 43.5 Å². The Bertz CT molecular complexity index is 1600. The molecule has 3 N–H and O–H groups in total. The number of carbonyl (C=O) groups excluding carboxylic acids is 1. The quantitative estimate of drug-likeness (QED) is 0.267. The SMILES string of the molecule is Cc1cccc(-c2nc(Nc3ccnc(Nc4ccc(C(=O)OCC5CNC5)cc4)n3)c3cccn3n2)n1. The molecular formula is C27H25N9O2. The fourth-order valence-electron chi connectivity index (χ4n) is 3.97. The first-order valence-corrected chi connectivity index (χ1v) is 12.3. The van der Waals surface area contributed by atoms with Crippen LogP contribution in [-0.4, -0.2) is 55.2 Å². The van der Waals surface area contributed by atoms with E-state index in [-0.39, 0.29) is 5.97 Å². The summed E-state index contributed by atoms with van der Waals surface area (Å²) in [7, 11) is 0. The van der Waals surface area contributed by atoms with E-state index in [2.05, 4.69) is 36.0 Å². The third-order valence-electron chi connectivity index (χ3n) is 6.10. The summed E-state index contributed by atoms with van der Waals surface area (Å²) in [6, 6.07) is 18.3. The molecule has 0 bridgehead atoms. The molecule has 1 fully saturated rings. The van der Waals surface area contributed by atoms with Gasteiger partial charge in [0.15, 0.2) is 5.82 Å². The number of nitrogens with one attached hydrogen (secondary N) is 3. The lowest BCUT2D eigenvalue weighted by molar-refractivity contribution is 0.0398. The van der Waals surface area contributed by atoms with Crippen LogP contribution in [0.2, 0.25) is 0 Å². The van der Waals surface area contributed by atoms with Crippen LogP contribution >= 0.6 is 0 Å². The Hall–Kier alpha value is -4.90. The first kappa shape index (κ1) is 23.5. The molecule has 5 heterocycles. The number of rotatable bonds is 8. The number of nitrogens with zero attached hydrogens (tertiary/aromatic N) is 6. The molecular weight excluding hydrogens is 482 g/mol. The minimum atomic E-state index is -0.326. The summed E-state index contributed by atoms with van der Waals surface area (Å²) >= 11 is 0. The Labute approximate surface area is 218 Å². The van der Waals surface area contributed by atoms with Crippen LogP contribution in [0.5, 0.6) is 0 Å². The van der Waals surface area contributed by atoms with E-state index in [9.17, 15) is 4.79 Å². The highest BCUT2D eigenvalue weighted by Crippen LogP contribution is 2.23. The van der Waals surface area contributed by atoms with Crippen molar-refractivity contribution < 1.29 is 9.53 Å². The number of ether oxygens (including phenoxy) is 1. The highest BCUT2D eigenvalue weighted by atomic mass is 16.5. The summed E-state index contributed by atoms with van der Waals surface area (Å²) in [5.74, 6) is 2.11. The van der Waals surface area contributed by atoms with E-state index >= 15 is 0 Å². The number of fused-ring (bicyclic) bond motifs is 1. The minimum Gasteiger partial charge on any atom is -0.462 e. The molecule has 1 aliphatic heterocycles. The highest BCUT2D eigenvalue weighted by Gasteiger charge is 2.19. The van der Waals surface area contributed by atoms with Crippen LogP contribution in [0.3, 0.4) is 0 Å². The first-order chi connectivity index (χ1) is 18.6. The number of benzene rings is 1. The van der Waals surface area contributed by atoms with Gasteiger partial charge in [-0.25, -0.2) is 24.3 Å². The Balaban J connectivity index is 1.18. The van der Waals surface area contributed by atoms with Gasteiger partial charge in [0.25, 0.3) is 0 Å². The fourth-order valence-corrected chi connectivity index (χ4v) is 3.97. The standard InChI is InChI=1S/C27H25N9O2/c1-17-4-2-5-21(30-17)24-34-25(22-6-3-13-36(22)35-24)32-23-11-12-29-27(33-23)31-20-9-7-19(8-10-20)26(37)38-16-18-14-28-15-18/h2-13,18,28H,14-16H2,1H3,(H2,29,31,32,33,34,35). The molecule has 0 spiro atoms. The molecule has 0 amide bonds. The van der Waals surface area contributed by atoms with Crippen molar-refractivity contribution in [2.45, 2.75) is 6.92 Å². The maximum Gasteiger partial charge on any atom is 0.338 e. The summed E-state index contributed by atoms with van der Waals surface area (Å²) in [5, 5.41) is 14.2. The van der Waals surface area contributed by atoms with Gasteiger partial charge in [-0.3, -0.25) is 0 Å². The largest absolute Gasteiger partial charge is 0.462 e. The predicted molar refractivity (Wildman–Crippen MR) is 143 cm³/mol. The summed E-state index contributed by atoms with van der Waals surface area (Å²) in [4.78, 5) is 30.4. The van der Waals surface area contributed by atoms with Crippen molar-refractivity contribution in [1.29, 1.82) is 0 Å². The van der Waals surface area contributed by atoms with Gasteiger partial charge >= 0.3 is 5.97 Å². The van der Waals surface area contributed by atoms with Crippen molar-refractivity contribution in [2.24, 2.45) is 5.92 Å². The molecule has 190 valence electrons. The van der Waals surface area contributed by atoms with Gasteiger partial charge in [-0.2, -0.15) is 4.98 Å². The van der Waals surface area contributed by atoms with Crippen LogP contribution in [-0.2, 0) is 4.74 Å². The zero-order valence-electron chi connectivity index (χ0n) is 20.6. The number of pyridine rings is 1. The molecule has 0 aliphatic carbocycles. The second kappa shape index (κ2) is 10.2. The molecule has 5 aromatic rings. The number of esters is 1. The zero-order valence-corrected chi connectivity index (χ0v) is 20.6. The van der Waals surface area contributed by atoms with Gasteiger partial charge < -0.3 is 20.7 Å². The first-order valence-electron chi connectivity index (χ1n) is 12.3. The van der Waals surface area contributed by atoms with Crippen LogP contribution < -0.4 is 16.0 Å². The van der Waals surface area contributed by atoms with E-state index < -0.39 is 0 Å². The fraction of sp³-hybridized carbons (Fsp3) is 0.185. The van der Waals surface area contributed by atoms with Gasteiger partial charge in [0.05, 0.1) is 12.2 Å². The van der Waals surface area contributed by atoms with Gasteiger partial charge in [0.2, 0.25) is 11.8 Å². The van der Waals surface area contributed by atoms with Crippen molar-refractivity contribution in [1.82, 2.24) is 34.9 Å². The highest BCUT2D eigenvalue weighted by molar-refractivity contribution is 5.90. The molecule has 4 aromatic heterocycles. The average Bonchev–Trinajstić information content (AvgIpc) is 3.38. The van der Waals surface area contributed by atoms with Crippen molar-refractivity contribution in [2.75, 3.05) is 30.3 Å². The summed E-state index contributed by atoms with van der Waals surface area (Å²) < 4.78 is 7.14. The molecule has 0 saturated carbocycles. The van der Waals surface area contributed by atoms with Crippen molar-refractivity contribution in [3.05, 3.63) is 84.3 Å². The van der Waals surface area contributed by atoms with Crippen molar-refractivity contribution >= 4 is 34.8 Å². The van der Waals surface area contributed by atoms with Crippen LogP contribution in [0.15, 0.2) is 73.1 Å². The third kappa shape index (κ3) is 5.13. The lowest BCUT2D eigenvalue weighted by atomic mass is 10.1. The lowest BCUT2D eigenvalue weighted by Gasteiger charge is -2.26. The zero-order chi connectivity index (χ0) is 25.9. The van der Waals surface area contributed by atoms with E-state index in [0.29, 0.717) is 47.2 Å². The summed E-state index contributed by atoms with van der Waals surface area (Å²) in [6.07, 6.45) is 3.51. The van der Waals surface area contributed by atoms with Crippen LogP contribution in [0.25, 0.3) is 17.0 Å². The third-order valence-corrected chi connectivity index (χ3v) is 6.10. The van der Waals surface area contributed by atoms with Crippen LogP contribution in [0.1, 0.15) is 16.1 Å².